The lowest BCUT2D eigenvalue weighted by atomic mass is 10.0. The first-order valence-electron chi connectivity index (χ1n) is 10.9. The summed E-state index contributed by atoms with van der Waals surface area (Å²) in [4.78, 5) is 25.3. The molecule has 0 aliphatic carbocycles. The highest BCUT2D eigenvalue weighted by Crippen LogP contribution is 2.26. The number of nitrogens with zero attached hydrogens (tertiary/aromatic N) is 3. The average molecular weight is 442 g/mol. The summed E-state index contributed by atoms with van der Waals surface area (Å²) in [6, 6.07) is 15.9. The van der Waals surface area contributed by atoms with Crippen molar-refractivity contribution in [1.82, 2.24) is 20.3 Å². The van der Waals surface area contributed by atoms with Crippen LogP contribution in [0, 0.1) is 6.92 Å². The smallest absolute Gasteiger partial charge is 0.227 e. The Morgan fingerprint density at radius 3 is 2.67 bits per heavy atom. The predicted octanol–water partition coefficient (Wildman–Crippen LogP) is 4.96. The standard InChI is InChI=1S/C26H27N5O2/c1-17-10-12-27-16-23(17)20-6-9-24-21(14-20)15-28-26(31-24)30-22-7-4-19(5-8-22)18(2)29-25(32)11-13-33-3/h4-10,12,14-16,18H,11,13H2,1-3H3,(H,29,32)(H,28,30,31)/t18-/m1/s1. The molecule has 7 heteroatoms. The molecule has 2 aromatic carbocycles. The molecule has 0 radical (unpaired) electrons. The van der Waals surface area contributed by atoms with Crippen molar-refractivity contribution in [2.24, 2.45) is 0 Å². The molecular formula is C26H27N5O2. The van der Waals surface area contributed by atoms with Crippen molar-refractivity contribution >= 4 is 28.4 Å². The third-order valence-corrected chi connectivity index (χ3v) is 5.51. The number of fused-ring (bicyclic) bond motifs is 1. The monoisotopic (exact) mass is 441 g/mol. The minimum Gasteiger partial charge on any atom is -0.384 e. The second-order valence-electron chi connectivity index (χ2n) is 7.94. The van der Waals surface area contributed by atoms with Crippen LogP contribution < -0.4 is 10.6 Å². The highest BCUT2D eigenvalue weighted by atomic mass is 16.5. The molecule has 0 aliphatic heterocycles. The minimum absolute atomic E-state index is 0.0297. The van der Waals surface area contributed by atoms with Gasteiger partial charge in [-0.1, -0.05) is 18.2 Å². The van der Waals surface area contributed by atoms with Crippen molar-refractivity contribution in [2.45, 2.75) is 26.3 Å². The van der Waals surface area contributed by atoms with Crippen LogP contribution >= 0.6 is 0 Å². The molecule has 0 spiro atoms. The quantitative estimate of drug-likeness (QED) is 0.402. The zero-order chi connectivity index (χ0) is 23.2. The number of hydrogen-bond acceptors (Lipinski definition) is 6. The first-order chi connectivity index (χ1) is 16.0. The van der Waals surface area contributed by atoms with Crippen molar-refractivity contribution in [2.75, 3.05) is 19.0 Å². The van der Waals surface area contributed by atoms with E-state index in [9.17, 15) is 4.79 Å². The molecule has 0 unspecified atom stereocenters. The van der Waals surface area contributed by atoms with E-state index in [1.807, 2.05) is 55.7 Å². The summed E-state index contributed by atoms with van der Waals surface area (Å²) in [5, 5.41) is 7.19. The Kier molecular flexibility index (Phi) is 6.90. The molecule has 2 heterocycles. The van der Waals surface area contributed by atoms with Gasteiger partial charge in [0.15, 0.2) is 0 Å². The summed E-state index contributed by atoms with van der Waals surface area (Å²) < 4.78 is 4.95. The Labute approximate surface area is 193 Å². The number of benzene rings is 2. The third kappa shape index (κ3) is 5.51. The number of rotatable bonds is 8. The van der Waals surface area contributed by atoms with Gasteiger partial charge in [0.25, 0.3) is 0 Å². The van der Waals surface area contributed by atoms with E-state index in [0.29, 0.717) is 19.0 Å². The number of aryl methyl sites for hydroxylation is 1. The molecule has 33 heavy (non-hydrogen) atoms. The van der Waals surface area contributed by atoms with E-state index in [-0.39, 0.29) is 11.9 Å². The molecule has 1 atom stereocenters. The number of nitrogens with one attached hydrogen (secondary N) is 2. The summed E-state index contributed by atoms with van der Waals surface area (Å²) in [6.45, 7) is 4.45. The second kappa shape index (κ2) is 10.2. The van der Waals surface area contributed by atoms with E-state index in [1.54, 1.807) is 13.3 Å². The van der Waals surface area contributed by atoms with Gasteiger partial charge in [-0.25, -0.2) is 9.97 Å². The molecule has 168 valence electrons. The fraction of sp³-hybridized carbons (Fsp3) is 0.231. The van der Waals surface area contributed by atoms with Crippen LogP contribution in [0.4, 0.5) is 11.6 Å². The van der Waals surface area contributed by atoms with Crippen molar-refractivity contribution in [3.05, 3.63) is 78.2 Å². The van der Waals surface area contributed by atoms with Gasteiger partial charge >= 0.3 is 0 Å². The minimum atomic E-state index is -0.0852. The van der Waals surface area contributed by atoms with Crippen molar-refractivity contribution in [1.29, 1.82) is 0 Å². The van der Waals surface area contributed by atoms with Gasteiger partial charge in [-0.15, -0.1) is 0 Å². The Balaban J connectivity index is 1.45. The molecule has 1 amide bonds. The molecule has 7 nitrogen and oxygen atoms in total. The molecule has 4 aromatic rings. The van der Waals surface area contributed by atoms with Crippen LogP contribution in [0.15, 0.2) is 67.1 Å². The fourth-order valence-electron chi connectivity index (χ4n) is 3.60. The van der Waals surface area contributed by atoms with Crippen molar-refractivity contribution in [3.63, 3.8) is 0 Å². The largest absolute Gasteiger partial charge is 0.384 e. The van der Waals surface area contributed by atoms with E-state index < -0.39 is 0 Å². The molecule has 4 rings (SSSR count). The van der Waals surface area contributed by atoms with E-state index >= 15 is 0 Å². The average Bonchev–Trinajstić information content (AvgIpc) is 2.83. The topological polar surface area (TPSA) is 89.0 Å². The first kappa shape index (κ1) is 22.4. The van der Waals surface area contributed by atoms with Gasteiger partial charge in [-0.3, -0.25) is 9.78 Å². The molecule has 0 saturated heterocycles. The number of ether oxygens (including phenoxy) is 1. The van der Waals surface area contributed by atoms with Gasteiger partial charge < -0.3 is 15.4 Å². The lowest BCUT2D eigenvalue weighted by Crippen LogP contribution is -2.27. The molecule has 0 fully saturated rings. The zero-order valence-corrected chi connectivity index (χ0v) is 19.0. The van der Waals surface area contributed by atoms with Crippen LogP contribution in [-0.2, 0) is 9.53 Å². The third-order valence-electron chi connectivity index (χ3n) is 5.51. The molecule has 0 aliphatic rings. The lowest BCUT2D eigenvalue weighted by molar-refractivity contribution is -0.122. The summed E-state index contributed by atoms with van der Waals surface area (Å²) in [6.07, 6.45) is 5.85. The number of pyridine rings is 1. The number of hydrogen-bond donors (Lipinski definition) is 2. The number of aromatic nitrogens is 3. The normalized spacial score (nSPS) is 11.8. The molecule has 2 aromatic heterocycles. The summed E-state index contributed by atoms with van der Waals surface area (Å²) >= 11 is 0. The van der Waals surface area contributed by atoms with Gasteiger partial charge in [0.2, 0.25) is 11.9 Å². The van der Waals surface area contributed by atoms with Crippen LogP contribution in [0.1, 0.15) is 30.5 Å². The molecule has 0 saturated carbocycles. The van der Waals surface area contributed by atoms with Gasteiger partial charge in [-0.2, -0.15) is 0 Å². The van der Waals surface area contributed by atoms with E-state index in [1.165, 1.54) is 5.56 Å². The second-order valence-corrected chi connectivity index (χ2v) is 7.94. The van der Waals surface area contributed by atoms with Crippen LogP contribution in [0.5, 0.6) is 0 Å². The molecule has 2 N–H and O–H groups in total. The fourth-order valence-corrected chi connectivity index (χ4v) is 3.60. The van der Waals surface area contributed by atoms with Crippen LogP contribution in [0.2, 0.25) is 0 Å². The highest BCUT2D eigenvalue weighted by molar-refractivity contribution is 5.85. The summed E-state index contributed by atoms with van der Waals surface area (Å²) in [7, 11) is 1.59. The SMILES string of the molecule is COCCC(=O)N[C@H](C)c1ccc(Nc2ncc3cc(-c4cnccc4C)ccc3n2)cc1. The van der Waals surface area contributed by atoms with Gasteiger partial charge in [-0.05, 0) is 60.9 Å². The van der Waals surface area contributed by atoms with Crippen LogP contribution in [0.25, 0.3) is 22.0 Å². The molecule has 0 bridgehead atoms. The van der Waals surface area contributed by atoms with Crippen LogP contribution in [-0.4, -0.2) is 34.6 Å². The highest BCUT2D eigenvalue weighted by Gasteiger charge is 2.10. The maximum atomic E-state index is 11.9. The maximum Gasteiger partial charge on any atom is 0.227 e. The Bertz CT molecular complexity index is 1260. The number of amides is 1. The van der Waals surface area contributed by atoms with Crippen molar-refractivity contribution < 1.29 is 9.53 Å². The maximum absolute atomic E-state index is 11.9. The predicted molar refractivity (Wildman–Crippen MR) is 130 cm³/mol. The Morgan fingerprint density at radius 2 is 1.91 bits per heavy atom. The van der Waals surface area contributed by atoms with Gasteiger partial charge in [0, 0.05) is 48.8 Å². The summed E-state index contributed by atoms with van der Waals surface area (Å²) in [5.41, 5.74) is 6.13. The van der Waals surface area contributed by atoms with Gasteiger partial charge in [0.05, 0.1) is 18.2 Å². The Hall–Kier alpha value is -3.84. The molecular weight excluding hydrogens is 414 g/mol. The number of anilines is 2. The first-order valence-corrected chi connectivity index (χ1v) is 10.9. The van der Waals surface area contributed by atoms with E-state index in [2.05, 4.69) is 44.6 Å². The number of carbonyl (C=O) groups is 1. The van der Waals surface area contributed by atoms with E-state index in [0.717, 1.165) is 33.3 Å². The van der Waals surface area contributed by atoms with Crippen LogP contribution in [0.3, 0.4) is 0 Å². The Morgan fingerprint density at radius 1 is 1.09 bits per heavy atom. The van der Waals surface area contributed by atoms with E-state index in [4.69, 9.17) is 4.74 Å². The zero-order valence-electron chi connectivity index (χ0n) is 19.0. The van der Waals surface area contributed by atoms with Crippen molar-refractivity contribution in [3.8, 4) is 11.1 Å². The van der Waals surface area contributed by atoms with Gasteiger partial charge in [0.1, 0.15) is 0 Å². The number of methoxy groups -OCH3 is 1. The summed E-state index contributed by atoms with van der Waals surface area (Å²) in [5.74, 6) is 0.499. The lowest BCUT2D eigenvalue weighted by Gasteiger charge is -2.15. The number of carbonyl (C=O) groups excluding carboxylic acids is 1.